The number of halogens is 1. The normalized spacial score (nSPS) is 22.0. The molecule has 0 radical (unpaired) electrons. The van der Waals surface area contributed by atoms with Crippen LogP contribution in [0.3, 0.4) is 0 Å². The number of urea groups is 1. The molecule has 2 unspecified atom stereocenters. The molecular weight excluding hydrogens is 279 g/mol. The highest BCUT2D eigenvalue weighted by molar-refractivity contribution is 6.00. The van der Waals surface area contributed by atoms with Crippen LogP contribution in [-0.2, 0) is 4.74 Å². The number of carbonyl (C=O) groups is 2. The maximum absolute atomic E-state index is 13.8. The van der Waals surface area contributed by atoms with Crippen LogP contribution in [0.4, 0.5) is 14.9 Å². The summed E-state index contributed by atoms with van der Waals surface area (Å²) in [5, 5.41) is 11.4. The molecule has 1 aromatic rings. The van der Waals surface area contributed by atoms with Gasteiger partial charge >= 0.3 is 12.0 Å². The van der Waals surface area contributed by atoms with Crippen LogP contribution >= 0.6 is 0 Å². The molecule has 0 bridgehead atoms. The number of carbonyl (C=O) groups excluding carboxylic acids is 1. The molecule has 0 aliphatic carbocycles. The summed E-state index contributed by atoms with van der Waals surface area (Å²) in [6.07, 6.45) is -0.252. The van der Waals surface area contributed by atoms with Gasteiger partial charge in [-0.1, -0.05) is 6.07 Å². The van der Waals surface area contributed by atoms with Crippen molar-refractivity contribution in [3.05, 3.63) is 29.6 Å². The number of aromatic carboxylic acids is 1. The number of amides is 2. The summed E-state index contributed by atoms with van der Waals surface area (Å²) in [5.74, 6) is -2.08. The number of morpholine rings is 1. The van der Waals surface area contributed by atoms with Gasteiger partial charge in [0, 0.05) is 13.1 Å². The van der Waals surface area contributed by atoms with Crippen LogP contribution in [0.2, 0.25) is 0 Å². The first kappa shape index (κ1) is 15.2. The van der Waals surface area contributed by atoms with Crippen LogP contribution < -0.4 is 5.32 Å². The average molecular weight is 296 g/mol. The fourth-order valence-electron chi connectivity index (χ4n) is 2.36. The zero-order valence-electron chi connectivity index (χ0n) is 11.8. The first-order chi connectivity index (χ1) is 9.88. The molecule has 0 saturated carbocycles. The van der Waals surface area contributed by atoms with Crippen molar-refractivity contribution in [3.63, 3.8) is 0 Å². The van der Waals surface area contributed by atoms with E-state index in [0.29, 0.717) is 13.1 Å². The smallest absolute Gasteiger partial charge is 0.337 e. The highest BCUT2D eigenvalue weighted by atomic mass is 19.1. The Bertz CT molecular complexity index is 554. The van der Waals surface area contributed by atoms with Crippen molar-refractivity contribution in [3.8, 4) is 0 Å². The summed E-state index contributed by atoms with van der Waals surface area (Å²) in [4.78, 5) is 24.8. The van der Waals surface area contributed by atoms with E-state index in [9.17, 15) is 14.0 Å². The van der Waals surface area contributed by atoms with Crippen molar-refractivity contribution in [2.75, 3.05) is 18.4 Å². The molecule has 1 saturated heterocycles. The van der Waals surface area contributed by atoms with Gasteiger partial charge in [-0.25, -0.2) is 14.0 Å². The lowest BCUT2D eigenvalue weighted by atomic mass is 10.1. The third-order valence-corrected chi connectivity index (χ3v) is 3.18. The number of benzene rings is 1. The maximum Gasteiger partial charge on any atom is 0.337 e. The van der Waals surface area contributed by atoms with E-state index < -0.39 is 17.8 Å². The molecule has 2 rings (SSSR count). The second-order valence-electron chi connectivity index (χ2n) is 5.06. The highest BCUT2D eigenvalue weighted by Crippen LogP contribution is 2.21. The predicted octanol–water partition coefficient (Wildman–Crippen LogP) is 2.17. The van der Waals surface area contributed by atoms with Gasteiger partial charge in [-0.05, 0) is 26.0 Å². The number of hydrogen-bond donors (Lipinski definition) is 2. The van der Waals surface area contributed by atoms with Crippen LogP contribution in [0.1, 0.15) is 24.2 Å². The van der Waals surface area contributed by atoms with Gasteiger partial charge in [-0.2, -0.15) is 0 Å². The van der Waals surface area contributed by atoms with E-state index in [2.05, 4.69) is 5.32 Å². The molecule has 2 N–H and O–H groups in total. The minimum Gasteiger partial charge on any atom is -0.478 e. The summed E-state index contributed by atoms with van der Waals surface area (Å²) in [6, 6.07) is 3.09. The molecule has 0 spiro atoms. The molecule has 1 aliphatic heterocycles. The van der Waals surface area contributed by atoms with E-state index >= 15 is 0 Å². The third kappa shape index (κ3) is 3.49. The quantitative estimate of drug-likeness (QED) is 0.876. The summed E-state index contributed by atoms with van der Waals surface area (Å²) in [6.45, 7) is 4.41. The summed E-state index contributed by atoms with van der Waals surface area (Å²) < 4.78 is 19.3. The Morgan fingerprint density at radius 3 is 2.52 bits per heavy atom. The zero-order valence-corrected chi connectivity index (χ0v) is 11.8. The van der Waals surface area contributed by atoms with Gasteiger partial charge in [0.2, 0.25) is 0 Å². The Morgan fingerprint density at radius 1 is 1.33 bits per heavy atom. The van der Waals surface area contributed by atoms with Gasteiger partial charge in [0.05, 0.1) is 23.5 Å². The van der Waals surface area contributed by atoms with E-state index in [0.717, 1.165) is 6.07 Å². The van der Waals surface area contributed by atoms with Crippen LogP contribution in [0.5, 0.6) is 0 Å². The molecule has 1 fully saturated rings. The number of nitrogens with zero attached hydrogens (tertiary/aromatic N) is 1. The van der Waals surface area contributed by atoms with E-state index in [1.165, 1.54) is 17.0 Å². The molecule has 6 nitrogen and oxygen atoms in total. The standard InChI is InChI=1S/C14H17FN2O4/c1-8-6-17(7-9(2)21-8)14(20)16-12-10(13(18)19)4-3-5-11(12)15/h3-5,8-9H,6-7H2,1-2H3,(H,16,20)(H,18,19). The van der Waals surface area contributed by atoms with E-state index in [4.69, 9.17) is 9.84 Å². The number of para-hydroxylation sites is 1. The second-order valence-corrected chi connectivity index (χ2v) is 5.06. The van der Waals surface area contributed by atoms with Crippen molar-refractivity contribution < 1.29 is 23.8 Å². The van der Waals surface area contributed by atoms with Crippen molar-refractivity contribution in [2.24, 2.45) is 0 Å². The fraction of sp³-hybridized carbons (Fsp3) is 0.429. The summed E-state index contributed by atoms with van der Waals surface area (Å²) in [5.41, 5.74) is -0.598. The Balaban J connectivity index is 2.18. The largest absolute Gasteiger partial charge is 0.478 e. The molecule has 1 aromatic carbocycles. The van der Waals surface area contributed by atoms with Crippen LogP contribution in [0.15, 0.2) is 18.2 Å². The number of hydrogen-bond acceptors (Lipinski definition) is 3. The van der Waals surface area contributed by atoms with Crippen molar-refractivity contribution >= 4 is 17.7 Å². The van der Waals surface area contributed by atoms with Gasteiger partial charge in [0.1, 0.15) is 5.82 Å². The molecule has 7 heteroatoms. The minimum absolute atomic E-state index is 0.126. The van der Waals surface area contributed by atoms with E-state index in [-0.39, 0.29) is 23.5 Å². The Morgan fingerprint density at radius 2 is 1.95 bits per heavy atom. The molecule has 1 aliphatic rings. The summed E-state index contributed by atoms with van der Waals surface area (Å²) >= 11 is 0. The van der Waals surface area contributed by atoms with Gasteiger partial charge in [0.15, 0.2) is 0 Å². The van der Waals surface area contributed by atoms with Gasteiger partial charge < -0.3 is 20.1 Å². The number of rotatable bonds is 2. The van der Waals surface area contributed by atoms with Crippen molar-refractivity contribution in [1.82, 2.24) is 4.90 Å². The van der Waals surface area contributed by atoms with Gasteiger partial charge in [-0.3, -0.25) is 0 Å². The predicted molar refractivity (Wildman–Crippen MR) is 74.0 cm³/mol. The van der Waals surface area contributed by atoms with Crippen LogP contribution in [0, 0.1) is 5.82 Å². The van der Waals surface area contributed by atoms with Crippen molar-refractivity contribution in [2.45, 2.75) is 26.1 Å². The van der Waals surface area contributed by atoms with Crippen LogP contribution in [0.25, 0.3) is 0 Å². The highest BCUT2D eigenvalue weighted by Gasteiger charge is 2.27. The minimum atomic E-state index is -1.30. The Kier molecular flexibility index (Phi) is 4.42. The molecule has 0 aromatic heterocycles. The molecule has 2 amide bonds. The Hall–Kier alpha value is -2.15. The van der Waals surface area contributed by atoms with E-state index in [1.54, 1.807) is 0 Å². The van der Waals surface area contributed by atoms with Gasteiger partial charge in [-0.15, -0.1) is 0 Å². The molecule has 21 heavy (non-hydrogen) atoms. The molecular formula is C14H17FN2O4. The lowest BCUT2D eigenvalue weighted by Gasteiger charge is -2.35. The third-order valence-electron chi connectivity index (χ3n) is 3.18. The first-order valence-corrected chi connectivity index (χ1v) is 6.61. The fourth-order valence-corrected chi connectivity index (χ4v) is 2.36. The number of carboxylic acids is 1. The van der Waals surface area contributed by atoms with Crippen LogP contribution in [-0.4, -0.2) is 47.3 Å². The molecule has 1 heterocycles. The topological polar surface area (TPSA) is 78.9 Å². The number of ether oxygens (including phenoxy) is 1. The van der Waals surface area contributed by atoms with Gasteiger partial charge in [0.25, 0.3) is 0 Å². The zero-order chi connectivity index (χ0) is 15.6. The lowest BCUT2D eigenvalue weighted by Crippen LogP contribution is -2.49. The van der Waals surface area contributed by atoms with E-state index in [1.807, 2.05) is 13.8 Å². The SMILES string of the molecule is CC1CN(C(=O)Nc2c(F)cccc2C(=O)O)CC(C)O1. The molecule has 2 atom stereocenters. The summed E-state index contributed by atoms with van der Waals surface area (Å²) in [7, 11) is 0. The number of anilines is 1. The van der Waals surface area contributed by atoms with Crippen molar-refractivity contribution in [1.29, 1.82) is 0 Å². The Labute approximate surface area is 121 Å². The first-order valence-electron chi connectivity index (χ1n) is 6.61. The monoisotopic (exact) mass is 296 g/mol. The lowest BCUT2D eigenvalue weighted by molar-refractivity contribution is -0.0530. The second kappa shape index (κ2) is 6.09. The maximum atomic E-state index is 13.8. The number of nitrogens with one attached hydrogen (secondary N) is 1. The average Bonchev–Trinajstić information content (AvgIpc) is 2.39. The molecule has 114 valence electrons. The number of carboxylic acid groups (broad SMARTS) is 1.